The van der Waals surface area contributed by atoms with E-state index in [1.165, 1.54) is 5.56 Å². The van der Waals surface area contributed by atoms with E-state index >= 15 is 0 Å². The SMILES string of the molecule is Cc1ccc(Cl)c(CN2CCN=C(N)C2=CC(N)=C2N=C(C3CCNCC3)NN2)c1. The molecule has 1 aromatic rings. The standard InChI is InChI=1S/C21H29ClN8/c1-13-2-3-16(22)15(10-13)12-30-9-8-26-19(24)18(30)11-17(23)21-27-20(28-29-21)14-4-6-25-7-5-14/h2-3,10-11,14,25,29H,4-9,12,23H2,1H3,(H2,24,26)(H,27,28). The van der Waals surface area contributed by atoms with E-state index in [1.807, 2.05) is 18.2 Å². The zero-order chi connectivity index (χ0) is 21.1. The number of nitrogens with one attached hydrogen (secondary N) is 3. The zero-order valence-electron chi connectivity index (χ0n) is 17.2. The average molecular weight is 429 g/mol. The Balaban J connectivity index is 1.58. The van der Waals surface area contributed by atoms with Gasteiger partial charge in [0.15, 0.2) is 5.82 Å². The Kier molecular flexibility index (Phi) is 6.15. The molecule has 8 nitrogen and oxygen atoms in total. The van der Waals surface area contributed by atoms with Crippen LogP contribution in [0.3, 0.4) is 0 Å². The van der Waals surface area contributed by atoms with Crippen molar-refractivity contribution in [1.29, 1.82) is 0 Å². The fourth-order valence-corrected chi connectivity index (χ4v) is 4.13. The van der Waals surface area contributed by atoms with Crippen molar-refractivity contribution in [1.82, 2.24) is 21.1 Å². The number of hydrogen-bond donors (Lipinski definition) is 5. The van der Waals surface area contributed by atoms with Gasteiger partial charge in [0.05, 0.1) is 17.9 Å². The van der Waals surface area contributed by atoms with Crippen molar-refractivity contribution in [3.8, 4) is 0 Å². The molecule has 0 atom stereocenters. The van der Waals surface area contributed by atoms with Gasteiger partial charge >= 0.3 is 0 Å². The maximum absolute atomic E-state index is 6.42. The maximum Gasteiger partial charge on any atom is 0.169 e. The van der Waals surface area contributed by atoms with Crippen molar-refractivity contribution < 1.29 is 0 Å². The van der Waals surface area contributed by atoms with Gasteiger partial charge in [0.2, 0.25) is 0 Å². The molecular formula is C21H29ClN8. The minimum atomic E-state index is 0.415. The van der Waals surface area contributed by atoms with Crippen molar-refractivity contribution in [3.63, 3.8) is 0 Å². The van der Waals surface area contributed by atoms with Crippen LogP contribution in [-0.2, 0) is 6.54 Å². The number of halogens is 1. The Morgan fingerprint density at radius 1 is 1.30 bits per heavy atom. The van der Waals surface area contributed by atoms with Crippen molar-refractivity contribution >= 4 is 23.3 Å². The van der Waals surface area contributed by atoms with Crippen molar-refractivity contribution in [2.24, 2.45) is 27.4 Å². The molecule has 160 valence electrons. The summed E-state index contributed by atoms with van der Waals surface area (Å²) in [4.78, 5) is 11.3. The smallest absolute Gasteiger partial charge is 0.169 e. The molecule has 0 unspecified atom stereocenters. The molecule has 3 heterocycles. The highest BCUT2D eigenvalue weighted by Crippen LogP contribution is 2.23. The Bertz CT molecular complexity index is 927. The topological polar surface area (TPSA) is 116 Å². The van der Waals surface area contributed by atoms with Crippen LogP contribution in [0.15, 0.2) is 51.5 Å². The lowest BCUT2D eigenvalue weighted by Crippen LogP contribution is -2.39. The molecule has 1 aromatic carbocycles. The van der Waals surface area contributed by atoms with Crippen molar-refractivity contribution in [2.45, 2.75) is 26.3 Å². The number of piperidine rings is 1. The van der Waals surface area contributed by atoms with Crippen LogP contribution in [0.25, 0.3) is 0 Å². The quantitative estimate of drug-likeness (QED) is 0.494. The second kappa shape index (κ2) is 8.97. The van der Waals surface area contributed by atoms with Crippen molar-refractivity contribution in [2.75, 3.05) is 26.2 Å². The van der Waals surface area contributed by atoms with E-state index in [1.54, 1.807) is 0 Å². The summed E-state index contributed by atoms with van der Waals surface area (Å²) < 4.78 is 0. The van der Waals surface area contributed by atoms with Crippen LogP contribution in [0.1, 0.15) is 24.0 Å². The lowest BCUT2D eigenvalue weighted by atomic mass is 9.97. The number of nitrogens with two attached hydrogens (primary N) is 2. The summed E-state index contributed by atoms with van der Waals surface area (Å²) in [5, 5.41) is 4.11. The van der Waals surface area contributed by atoms with Crippen LogP contribution in [-0.4, -0.2) is 42.8 Å². The Morgan fingerprint density at radius 2 is 2.10 bits per heavy atom. The van der Waals surface area contributed by atoms with Gasteiger partial charge in [-0.1, -0.05) is 29.3 Å². The summed E-state index contributed by atoms with van der Waals surface area (Å²) >= 11 is 6.42. The average Bonchev–Trinajstić information content (AvgIpc) is 3.24. The second-order valence-corrected chi connectivity index (χ2v) is 8.30. The van der Waals surface area contributed by atoms with Gasteiger partial charge in [-0.25, -0.2) is 4.99 Å². The first-order chi connectivity index (χ1) is 14.5. The van der Waals surface area contributed by atoms with Crippen LogP contribution in [0.2, 0.25) is 5.02 Å². The third kappa shape index (κ3) is 4.55. The van der Waals surface area contributed by atoms with E-state index in [2.05, 4.69) is 39.1 Å². The third-order valence-corrected chi connectivity index (χ3v) is 6.02. The van der Waals surface area contributed by atoms with Crippen LogP contribution in [0.4, 0.5) is 0 Å². The highest BCUT2D eigenvalue weighted by atomic mass is 35.5. The molecule has 4 rings (SSSR count). The van der Waals surface area contributed by atoms with Gasteiger partial charge in [0.1, 0.15) is 11.7 Å². The van der Waals surface area contributed by atoms with E-state index in [0.29, 0.717) is 36.4 Å². The number of amidine groups is 2. The normalized spacial score (nSPS) is 23.0. The summed E-state index contributed by atoms with van der Waals surface area (Å²) in [7, 11) is 0. The lowest BCUT2D eigenvalue weighted by Gasteiger charge is -2.30. The van der Waals surface area contributed by atoms with Gasteiger partial charge in [-0.05, 0) is 50.6 Å². The molecule has 0 aliphatic carbocycles. The van der Waals surface area contributed by atoms with Gasteiger partial charge in [-0.3, -0.25) is 15.8 Å². The first kappa shape index (κ1) is 20.6. The molecule has 1 fully saturated rings. The van der Waals surface area contributed by atoms with Crippen LogP contribution in [0, 0.1) is 12.8 Å². The van der Waals surface area contributed by atoms with E-state index in [-0.39, 0.29) is 0 Å². The maximum atomic E-state index is 6.42. The largest absolute Gasteiger partial charge is 0.396 e. The Hall–Kier alpha value is -2.71. The van der Waals surface area contributed by atoms with Gasteiger partial charge in [0, 0.05) is 24.0 Å². The number of benzene rings is 1. The number of allylic oxidation sites excluding steroid dienone is 1. The van der Waals surface area contributed by atoms with Gasteiger partial charge in [-0.15, -0.1) is 0 Å². The van der Waals surface area contributed by atoms with Gasteiger partial charge < -0.3 is 21.7 Å². The third-order valence-electron chi connectivity index (χ3n) is 5.65. The van der Waals surface area contributed by atoms with Gasteiger partial charge in [0.25, 0.3) is 0 Å². The number of hydrogen-bond acceptors (Lipinski definition) is 8. The molecule has 1 saturated heterocycles. The predicted octanol–water partition coefficient (Wildman–Crippen LogP) is 1.34. The minimum Gasteiger partial charge on any atom is -0.396 e. The minimum absolute atomic E-state index is 0.415. The first-order valence-electron chi connectivity index (χ1n) is 10.3. The predicted molar refractivity (Wildman–Crippen MR) is 122 cm³/mol. The molecule has 0 radical (unpaired) electrons. The Labute approximate surface area is 182 Å². The molecular weight excluding hydrogens is 400 g/mol. The highest BCUT2D eigenvalue weighted by molar-refractivity contribution is 6.31. The number of rotatable bonds is 4. The molecule has 0 bridgehead atoms. The second-order valence-electron chi connectivity index (χ2n) is 7.89. The number of aryl methyl sites for hydroxylation is 1. The number of nitrogens with zero attached hydrogens (tertiary/aromatic N) is 3. The first-order valence-corrected chi connectivity index (χ1v) is 10.7. The Morgan fingerprint density at radius 3 is 2.90 bits per heavy atom. The summed E-state index contributed by atoms with van der Waals surface area (Å²) in [6, 6.07) is 6.04. The molecule has 0 spiro atoms. The number of hydrazine groups is 1. The molecule has 0 saturated carbocycles. The van der Waals surface area contributed by atoms with Gasteiger partial charge in [-0.2, -0.15) is 0 Å². The fraction of sp³-hybridized carbons (Fsp3) is 0.429. The van der Waals surface area contributed by atoms with E-state index in [0.717, 1.165) is 54.6 Å². The van der Waals surface area contributed by atoms with E-state index < -0.39 is 0 Å². The number of aliphatic imine (C=N–C) groups is 2. The monoisotopic (exact) mass is 428 g/mol. The summed E-state index contributed by atoms with van der Waals surface area (Å²) in [5.41, 5.74) is 22.4. The van der Waals surface area contributed by atoms with Crippen molar-refractivity contribution in [3.05, 3.63) is 57.6 Å². The molecule has 30 heavy (non-hydrogen) atoms. The summed E-state index contributed by atoms with van der Waals surface area (Å²) in [6.45, 7) is 6.10. The molecule has 0 aromatic heterocycles. The summed E-state index contributed by atoms with van der Waals surface area (Å²) in [6.07, 6.45) is 3.97. The zero-order valence-corrected chi connectivity index (χ0v) is 18.0. The van der Waals surface area contributed by atoms with E-state index in [9.17, 15) is 0 Å². The molecule has 9 heteroatoms. The van der Waals surface area contributed by atoms with Crippen LogP contribution >= 0.6 is 11.6 Å². The van der Waals surface area contributed by atoms with E-state index in [4.69, 9.17) is 28.1 Å². The van der Waals surface area contributed by atoms with Crippen LogP contribution in [0.5, 0.6) is 0 Å². The highest BCUT2D eigenvalue weighted by Gasteiger charge is 2.24. The molecule has 3 aliphatic rings. The molecule has 3 aliphatic heterocycles. The molecule has 7 N–H and O–H groups in total. The van der Waals surface area contributed by atoms with Crippen LogP contribution < -0.4 is 27.6 Å². The fourth-order valence-electron chi connectivity index (χ4n) is 3.96. The molecule has 0 amide bonds. The lowest BCUT2D eigenvalue weighted by molar-refractivity contribution is 0.352. The summed E-state index contributed by atoms with van der Waals surface area (Å²) in [5.74, 6) is 2.45.